The second-order valence-corrected chi connectivity index (χ2v) is 5.18. The molecule has 18 heavy (non-hydrogen) atoms. The Kier molecular flexibility index (Phi) is 4.38. The van der Waals surface area contributed by atoms with Crippen molar-refractivity contribution >= 4 is 0 Å². The largest absolute Gasteiger partial charge is 0.381 e. The van der Waals surface area contributed by atoms with Crippen molar-refractivity contribution in [3.63, 3.8) is 0 Å². The fourth-order valence-electron chi connectivity index (χ4n) is 2.72. The molecule has 3 nitrogen and oxygen atoms in total. The van der Waals surface area contributed by atoms with Crippen molar-refractivity contribution in [2.45, 2.75) is 37.8 Å². The van der Waals surface area contributed by atoms with E-state index in [1.807, 2.05) is 0 Å². The molecule has 1 atom stereocenters. The summed E-state index contributed by atoms with van der Waals surface area (Å²) < 4.78 is 11.1. The molecule has 1 saturated heterocycles. The summed E-state index contributed by atoms with van der Waals surface area (Å²) >= 11 is 0. The van der Waals surface area contributed by atoms with Gasteiger partial charge in [-0.2, -0.15) is 0 Å². The van der Waals surface area contributed by atoms with Crippen LogP contribution in [0, 0.1) is 6.92 Å². The number of hydrogen-bond acceptors (Lipinski definition) is 3. The summed E-state index contributed by atoms with van der Waals surface area (Å²) in [5.41, 5.74) is 8.73. The molecular formula is C15H23NO2. The molecule has 3 heteroatoms. The fourth-order valence-corrected chi connectivity index (χ4v) is 2.72. The van der Waals surface area contributed by atoms with Gasteiger partial charge < -0.3 is 15.2 Å². The lowest BCUT2D eigenvalue weighted by atomic mass is 9.83. The summed E-state index contributed by atoms with van der Waals surface area (Å²) in [5.74, 6) is 0. The number of nitrogens with two attached hydrogens (primary N) is 1. The van der Waals surface area contributed by atoms with Gasteiger partial charge in [0, 0.05) is 39.2 Å². The Bertz CT molecular complexity index is 386. The van der Waals surface area contributed by atoms with Gasteiger partial charge in [0.05, 0.1) is 5.60 Å². The van der Waals surface area contributed by atoms with Gasteiger partial charge in [0.1, 0.15) is 0 Å². The van der Waals surface area contributed by atoms with Gasteiger partial charge >= 0.3 is 0 Å². The van der Waals surface area contributed by atoms with E-state index < -0.39 is 0 Å². The number of methoxy groups -OCH3 is 1. The summed E-state index contributed by atoms with van der Waals surface area (Å²) in [6.45, 7) is 3.60. The first-order valence-corrected chi connectivity index (χ1v) is 6.60. The predicted molar refractivity (Wildman–Crippen MR) is 72.7 cm³/mol. The highest BCUT2D eigenvalue weighted by molar-refractivity contribution is 5.23. The molecule has 0 aromatic heterocycles. The average Bonchev–Trinajstić information content (AvgIpc) is 2.39. The highest BCUT2D eigenvalue weighted by Crippen LogP contribution is 2.29. The molecule has 1 aliphatic heterocycles. The zero-order valence-electron chi connectivity index (χ0n) is 11.3. The third-order valence-electron chi connectivity index (χ3n) is 3.96. The van der Waals surface area contributed by atoms with Crippen LogP contribution in [-0.4, -0.2) is 32.0 Å². The Morgan fingerprint density at radius 1 is 1.39 bits per heavy atom. The summed E-state index contributed by atoms with van der Waals surface area (Å²) in [6.07, 6.45) is 2.63. The SMILES string of the molecule is COC1(C(N)Cc2cccc(C)c2)CCOCC1. The van der Waals surface area contributed by atoms with Crippen molar-refractivity contribution < 1.29 is 9.47 Å². The van der Waals surface area contributed by atoms with E-state index in [4.69, 9.17) is 15.2 Å². The van der Waals surface area contributed by atoms with E-state index in [1.165, 1.54) is 11.1 Å². The minimum atomic E-state index is -0.220. The first kappa shape index (κ1) is 13.5. The summed E-state index contributed by atoms with van der Waals surface area (Å²) in [4.78, 5) is 0. The van der Waals surface area contributed by atoms with E-state index in [2.05, 4.69) is 31.2 Å². The zero-order chi connectivity index (χ0) is 13.0. The lowest BCUT2D eigenvalue weighted by Gasteiger charge is -2.40. The molecule has 1 unspecified atom stereocenters. The van der Waals surface area contributed by atoms with Crippen LogP contribution in [0.2, 0.25) is 0 Å². The number of ether oxygens (including phenoxy) is 2. The molecule has 100 valence electrons. The highest BCUT2D eigenvalue weighted by Gasteiger charge is 2.38. The van der Waals surface area contributed by atoms with Gasteiger partial charge in [0.2, 0.25) is 0 Å². The molecule has 1 fully saturated rings. The van der Waals surface area contributed by atoms with Gasteiger partial charge in [0.15, 0.2) is 0 Å². The standard InChI is InChI=1S/C15H23NO2/c1-12-4-3-5-13(10-12)11-14(16)15(17-2)6-8-18-9-7-15/h3-5,10,14H,6-9,11,16H2,1-2H3. The van der Waals surface area contributed by atoms with Crippen molar-refractivity contribution in [3.8, 4) is 0 Å². The molecule has 1 heterocycles. The molecule has 1 aromatic carbocycles. The van der Waals surface area contributed by atoms with Gasteiger partial charge in [-0.1, -0.05) is 29.8 Å². The molecule has 2 rings (SSSR count). The van der Waals surface area contributed by atoms with Crippen molar-refractivity contribution in [1.82, 2.24) is 0 Å². The van der Waals surface area contributed by atoms with Crippen molar-refractivity contribution in [3.05, 3.63) is 35.4 Å². The molecule has 0 amide bonds. The molecular weight excluding hydrogens is 226 g/mol. The number of hydrogen-bond donors (Lipinski definition) is 1. The maximum absolute atomic E-state index is 6.40. The maximum Gasteiger partial charge on any atom is 0.0875 e. The van der Waals surface area contributed by atoms with E-state index in [9.17, 15) is 0 Å². The quantitative estimate of drug-likeness (QED) is 0.888. The third kappa shape index (κ3) is 2.91. The smallest absolute Gasteiger partial charge is 0.0875 e. The minimum absolute atomic E-state index is 0.0215. The second kappa shape index (κ2) is 5.83. The van der Waals surface area contributed by atoms with Crippen LogP contribution in [0.1, 0.15) is 24.0 Å². The van der Waals surface area contributed by atoms with E-state index in [0.717, 1.165) is 32.5 Å². The second-order valence-electron chi connectivity index (χ2n) is 5.18. The zero-order valence-corrected chi connectivity index (χ0v) is 11.3. The topological polar surface area (TPSA) is 44.5 Å². The Morgan fingerprint density at radius 2 is 2.11 bits per heavy atom. The van der Waals surface area contributed by atoms with Crippen LogP contribution < -0.4 is 5.73 Å². The van der Waals surface area contributed by atoms with Crippen LogP contribution >= 0.6 is 0 Å². The predicted octanol–water partition coefficient (Wildman–Crippen LogP) is 2.06. The molecule has 0 saturated carbocycles. The van der Waals surface area contributed by atoms with E-state index in [1.54, 1.807) is 7.11 Å². The van der Waals surface area contributed by atoms with Crippen LogP contribution in [0.5, 0.6) is 0 Å². The van der Waals surface area contributed by atoms with Crippen molar-refractivity contribution in [2.75, 3.05) is 20.3 Å². The van der Waals surface area contributed by atoms with Gasteiger partial charge in [-0.3, -0.25) is 0 Å². The lowest BCUT2D eigenvalue weighted by molar-refractivity contribution is -0.103. The summed E-state index contributed by atoms with van der Waals surface area (Å²) in [5, 5.41) is 0. The van der Waals surface area contributed by atoms with Crippen LogP contribution in [0.4, 0.5) is 0 Å². The van der Waals surface area contributed by atoms with Crippen molar-refractivity contribution in [2.24, 2.45) is 5.73 Å². The van der Waals surface area contributed by atoms with Gasteiger partial charge in [-0.15, -0.1) is 0 Å². The Morgan fingerprint density at radius 3 is 2.72 bits per heavy atom. The van der Waals surface area contributed by atoms with Crippen LogP contribution in [0.15, 0.2) is 24.3 Å². The Hall–Kier alpha value is -0.900. The van der Waals surface area contributed by atoms with Crippen LogP contribution in [0.25, 0.3) is 0 Å². The van der Waals surface area contributed by atoms with Gasteiger partial charge in [0.25, 0.3) is 0 Å². The van der Waals surface area contributed by atoms with Crippen LogP contribution in [-0.2, 0) is 15.9 Å². The monoisotopic (exact) mass is 249 g/mol. The minimum Gasteiger partial charge on any atom is -0.381 e. The summed E-state index contributed by atoms with van der Waals surface area (Å²) in [7, 11) is 1.77. The lowest BCUT2D eigenvalue weighted by Crippen LogP contribution is -2.53. The van der Waals surface area contributed by atoms with Gasteiger partial charge in [-0.25, -0.2) is 0 Å². The molecule has 2 N–H and O–H groups in total. The highest BCUT2D eigenvalue weighted by atomic mass is 16.5. The molecule has 0 radical (unpaired) electrons. The first-order chi connectivity index (χ1) is 8.66. The first-order valence-electron chi connectivity index (χ1n) is 6.60. The Labute approximate surface area is 109 Å². The number of aryl methyl sites for hydroxylation is 1. The van der Waals surface area contributed by atoms with Crippen molar-refractivity contribution in [1.29, 1.82) is 0 Å². The third-order valence-corrected chi connectivity index (χ3v) is 3.96. The number of rotatable bonds is 4. The van der Waals surface area contributed by atoms with E-state index in [0.29, 0.717) is 0 Å². The Balaban J connectivity index is 2.07. The molecule has 0 bridgehead atoms. The maximum atomic E-state index is 6.40. The van der Waals surface area contributed by atoms with E-state index in [-0.39, 0.29) is 11.6 Å². The number of benzene rings is 1. The van der Waals surface area contributed by atoms with Gasteiger partial charge in [-0.05, 0) is 18.9 Å². The molecule has 1 aromatic rings. The van der Waals surface area contributed by atoms with Crippen LogP contribution in [0.3, 0.4) is 0 Å². The molecule has 0 spiro atoms. The van der Waals surface area contributed by atoms with E-state index >= 15 is 0 Å². The summed E-state index contributed by atoms with van der Waals surface area (Å²) in [6, 6.07) is 8.54. The average molecular weight is 249 g/mol. The molecule has 0 aliphatic carbocycles. The normalized spacial score (nSPS) is 20.6. The molecule has 1 aliphatic rings. The fraction of sp³-hybridized carbons (Fsp3) is 0.600.